The second-order valence-corrected chi connectivity index (χ2v) is 7.31. The molecule has 0 aliphatic heterocycles. The molecule has 27 heavy (non-hydrogen) atoms. The van der Waals surface area contributed by atoms with Crippen LogP contribution < -0.4 is 17.2 Å². The number of nitrogen functional groups attached to an aromatic ring is 2. The number of nitrogens with one attached hydrogen (secondary N) is 1. The number of imidazole rings is 1. The molecule has 0 aromatic carbocycles. The van der Waals surface area contributed by atoms with Crippen LogP contribution in [0.2, 0.25) is 0 Å². The minimum absolute atomic E-state index is 0.114. The normalized spacial score (nSPS) is 21.9. The zero-order chi connectivity index (χ0) is 19.7. The van der Waals surface area contributed by atoms with Gasteiger partial charge >= 0.3 is 0 Å². The smallest absolute Gasteiger partial charge is 0.219 e. The van der Waals surface area contributed by atoms with Gasteiger partial charge in [-0.05, 0) is 37.2 Å². The number of nitrogens with zero attached hydrogens (tertiary/aromatic N) is 2. The summed E-state index contributed by atoms with van der Waals surface area (Å²) in [6.07, 6.45) is 4.94. The van der Waals surface area contributed by atoms with E-state index >= 15 is 0 Å². The van der Waals surface area contributed by atoms with E-state index in [4.69, 9.17) is 22.6 Å². The summed E-state index contributed by atoms with van der Waals surface area (Å²) < 4.78 is 15.9. The standard InChI is InChI=1S/C19H27FN6O/c1-2-10-7-11-3-4-14(20)13(11)8-12(10)9-16-25-17(18(22)23)19(24)26(16)6-5-15(21)27/h8,10,14H,2-7,9,24H2,1H3,(H2,21,27)(H3,22,23). The molecule has 1 aromatic heterocycles. The summed E-state index contributed by atoms with van der Waals surface area (Å²) in [5.74, 6) is 0.550. The Morgan fingerprint density at radius 1 is 1.44 bits per heavy atom. The average Bonchev–Trinajstić information content (AvgIpc) is 3.13. The predicted molar refractivity (Wildman–Crippen MR) is 103 cm³/mol. The summed E-state index contributed by atoms with van der Waals surface area (Å²) in [7, 11) is 0. The number of carbonyl (C=O) groups is 1. The van der Waals surface area contributed by atoms with Gasteiger partial charge in [0.15, 0.2) is 0 Å². The lowest BCUT2D eigenvalue weighted by Gasteiger charge is -2.25. The maximum absolute atomic E-state index is 14.2. The molecule has 0 bridgehead atoms. The van der Waals surface area contributed by atoms with Gasteiger partial charge in [0.25, 0.3) is 0 Å². The van der Waals surface area contributed by atoms with Gasteiger partial charge in [-0.2, -0.15) is 0 Å². The second-order valence-electron chi connectivity index (χ2n) is 7.31. The number of rotatable bonds is 7. The molecule has 1 amide bonds. The van der Waals surface area contributed by atoms with Gasteiger partial charge in [0, 0.05) is 19.4 Å². The number of amides is 1. The summed E-state index contributed by atoms with van der Waals surface area (Å²) in [5, 5.41) is 7.68. The highest BCUT2D eigenvalue weighted by atomic mass is 19.1. The molecule has 7 nitrogen and oxygen atoms in total. The largest absolute Gasteiger partial charge is 0.383 e. The molecule has 2 atom stereocenters. The molecule has 0 radical (unpaired) electrons. The topological polar surface area (TPSA) is 137 Å². The fourth-order valence-corrected chi connectivity index (χ4v) is 4.08. The molecule has 0 spiro atoms. The molecule has 0 saturated carbocycles. The van der Waals surface area contributed by atoms with Crippen molar-refractivity contribution in [3.05, 3.63) is 34.3 Å². The number of anilines is 1. The maximum atomic E-state index is 14.2. The summed E-state index contributed by atoms with van der Waals surface area (Å²) in [5.41, 5.74) is 20.4. The highest BCUT2D eigenvalue weighted by Gasteiger charge is 2.31. The lowest BCUT2D eigenvalue weighted by Crippen LogP contribution is -2.19. The van der Waals surface area contributed by atoms with Crippen LogP contribution in [-0.4, -0.2) is 27.5 Å². The lowest BCUT2D eigenvalue weighted by atomic mass is 9.81. The first-order chi connectivity index (χ1) is 12.8. The molecular weight excluding hydrogens is 347 g/mol. The second kappa shape index (κ2) is 7.54. The van der Waals surface area contributed by atoms with E-state index in [2.05, 4.69) is 11.9 Å². The van der Waals surface area contributed by atoms with E-state index in [9.17, 15) is 9.18 Å². The van der Waals surface area contributed by atoms with Crippen molar-refractivity contribution in [3.8, 4) is 0 Å². The number of nitrogens with two attached hydrogens (primary N) is 3. The first-order valence-corrected chi connectivity index (χ1v) is 9.35. The number of hydrogen-bond acceptors (Lipinski definition) is 4. The molecule has 0 saturated heterocycles. The Labute approximate surface area is 158 Å². The Hall–Kier alpha value is -2.64. The van der Waals surface area contributed by atoms with Crippen molar-refractivity contribution in [1.82, 2.24) is 9.55 Å². The third-order valence-electron chi connectivity index (χ3n) is 5.58. The van der Waals surface area contributed by atoms with Gasteiger partial charge in [0.05, 0.1) is 0 Å². The molecule has 2 unspecified atom stereocenters. The highest BCUT2D eigenvalue weighted by molar-refractivity contribution is 5.97. The van der Waals surface area contributed by atoms with Crippen molar-refractivity contribution >= 4 is 17.6 Å². The number of primary amides is 1. The number of halogens is 1. The first kappa shape index (κ1) is 19.1. The fourth-order valence-electron chi connectivity index (χ4n) is 4.08. The van der Waals surface area contributed by atoms with Crippen molar-refractivity contribution in [1.29, 1.82) is 5.41 Å². The van der Waals surface area contributed by atoms with Crippen molar-refractivity contribution in [2.45, 2.75) is 58.2 Å². The Kier molecular flexibility index (Phi) is 5.34. The van der Waals surface area contributed by atoms with Crippen molar-refractivity contribution in [2.75, 3.05) is 5.73 Å². The quantitative estimate of drug-likeness (QED) is 0.428. The van der Waals surface area contributed by atoms with Gasteiger partial charge in [0.1, 0.15) is 29.3 Å². The number of allylic oxidation sites excluding steroid dienone is 4. The molecule has 146 valence electrons. The summed E-state index contributed by atoms with van der Waals surface area (Å²) in [6, 6.07) is 0. The molecule has 8 heteroatoms. The molecule has 1 heterocycles. The van der Waals surface area contributed by atoms with Gasteiger partial charge in [-0.25, -0.2) is 9.37 Å². The van der Waals surface area contributed by atoms with Crippen LogP contribution in [0, 0.1) is 11.3 Å². The van der Waals surface area contributed by atoms with E-state index in [0.717, 1.165) is 30.4 Å². The summed E-state index contributed by atoms with van der Waals surface area (Å²) >= 11 is 0. The Balaban J connectivity index is 1.95. The summed E-state index contributed by atoms with van der Waals surface area (Å²) in [4.78, 5) is 15.6. The van der Waals surface area contributed by atoms with E-state index in [-0.39, 0.29) is 30.3 Å². The van der Waals surface area contributed by atoms with Crippen LogP contribution in [0.4, 0.5) is 10.2 Å². The van der Waals surface area contributed by atoms with Crippen LogP contribution in [0.5, 0.6) is 0 Å². The van der Waals surface area contributed by atoms with Crippen LogP contribution in [0.25, 0.3) is 0 Å². The minimum atomic E-state index is -0.889. The first-order valence-electron chi connectivity index (χ1n) is 9.35. The Bertz CT molecular complexity index is 837. The lowest BCUT2D eigenvalue weighted by molar-refractivity contribution is -0.118. The van der Waals surface area contributed by atoms with Gasteiger partial charge in [-0.1, -0.05) is 24.1 Å². The van der Waals surface area contributed by atoms with Crippen LogP contribution in [0.3, 0.4) is 0 Å². The monoisotopic (exact) mass is 374 g/mol. The van der Waals surface area contributed by atoms with Crippen LogP contribution in [0.15, 0.2) is 22.8 Å². The minimum Gasteiger partial charge on any atom is -0.383 e. The molecule has 0 fully saturated rings. The molecule has 1 aromatic rings. The third kappa shape index (κ3) is 3.74. The average molecular weight is 374 g/mol. The zero-order valence-electron chi connectivity index (χ0n) is 15.6. The number of amidine groups is 1. The van der Waals surface area contributed by atoms with Crippen molar-refractivity contribution < 1.29 is 9.18 Å². The number of aromatic nitrogens is 2. The van der Waals surface area contributed by atoms with E-state index in [1.807, 2.05) is 6.08 Å². The van der Waals surface area contributed by atoms with E-state index in [1.54, 1.807) is 4.57 Å². The Morgan fingerprint density at radius 2 is 2.19 bits per heavy atom. The van der Waals surface area contributed by atoms with E-state index in [0.29, 0.717) is 24.6 Å². The van der Waals surface area contributed by atoms with Crippen LogP contribution in [-0.2, 0) is 17.8 Å². The van der Waals surface area contributed by atoms with Gasteiger partial charge < -0.3 is 21.8 Å². The maximum Gasteiger partial charge on any atom is 0.219 e. The molecule has 2 aliphatic rings. The van der Waals surface area contributed by atoms with Gasteiger partial charge in [-0.15, -0.1) is 0 Å². The number of hydrogen-bond donors (Lipinski definition) is 4. The zero-order valence-corrected chi connectivity index (χ0v) is 15.6. The van der Waals surface area contributed by atoms with Gasteiger partial charge in [-0.3, -0.25) is 10.2 Å². The molecular formula is C19H27FN6O. The third-order valence-corrected chi connectivity index (χ3v) is 5.58. The highest BCUT2D eigenvalue weighted by Crippen LogP contribution is 2.42. The van der Waals surface area contributed by atoms with Crippen LogP contribution in [0.1, 0.15) is 50.5 Å². The van der Waals surface area contributed by atoms with Gasteiger partial charge in [0.2, 0.25) is 5.91 Å². The van der Waals surface area contributed by atoms with E-state index < -0.39 is 12.1 Å². The predicted octanol–water partition coefficient (Wildman–Crippen LogP) is 1.95. The summed E-state index contributed by atoms with van der Waals surface area (Å²) in [6.45, 7) is 2.40. The molecule has 7 N–H and O–H groups in total. The SMILES string of the molecule is CCC1CC2=C(C=C1Cc1nc(C(=N)N)c(N)n1CCC(N)=O)C(F)CC2. The van der Waals surface area contributed by atoms with Crippen molar-refractivity contribution in [2.24, 2.45) is 17.4 Å². The Morgan fingerprint density at radius 3 is 2.81 bits per heavy atom. The van der Waals surface area contributed by atoms with Crippen LogP contribution >= 0.6 is 0 Å². The number of alkyl halides is 1. The van der Waals surface area contributed by atoms with Crippen molar-refractivity contribution in [3.63, 3.8) is 0 Å². The van der Waals surface area contributed by atoms with E-state index in [1.165, 1.54) is 5.57 Å². The number of carbonyl (C=O) groups excluding carboxylic acids is 1. The molecule has 2 aliphatic carbocycles. The fraction of sp³-hybridized carbons (Fsp3) is 0.526. The molecule has 3 rings (SSSR count).